The normalized spacial score (nSPS) is 11.9. The maximum atomic E-state index is 13.1. The second-order valence-corrected chi connectivity index (χ2v) is 4.18. The summed E-state index contributed by atoms with van der Waals surface area (Å²) in [4.78, 5) is 25.4. The maximum Gasteiger partial charge on any atom is 0.268 e. The fourth-order valence-corrected chi connectivity index (χ4v) is 1.71. The summed E-state index contributed by atoms with van der Waals surface area (Å²) in [5, 5.41) is 2.69. The van der Waals surface area contributed by atoms with Crippen molar-refractivity contribution in [2.24, 2.45) is 0 Å². The van der Waals surface area contributed by atoms with Crippen LogP contribution in [0, 0.1) is 5.82 Å². The van der Waals surface area contributed by atoms with Crippen molar-refractivity contribution in [3.05, 3.63) is 69.9 Å². The number of amides is 1. The number of aromatic nitrogens is 1. The number of H-pyrrole nitrogens is 1. The highest BCUT2D eigenvalue weighted by molar-refractivity contribution is 5.92. The Morgan fingerprint density at radius 1 is 1.26 bits per heavy atom. The number of pyridine rings is 1. The molecule has 2 N–H and O–H groups in total. The van der Waals surface area contributed by atoms with Crippen LogP contribution in [0.2, 0.25) is 0 Å². The highest BCUT2D eigenvalue weighted by Gasteiger charge is 2.12. The molecule has 1 unspecified atom stereocenters. The molecule has 4 nitrogen and oxygen atoms in total. The van der Waals surface area contributed by atoms with Crippen LogP contribution in [0.4, 0.5) is 4.39 Å². The van der Waals surface area contributed by atoms with Gasteiger partial charge < -0.3 is 10.3 Å². The Kier molecular flexibility index (Phi) is 3.75. The van der Waals surface area contributed by atoms with Gasteiger partial charge in [-0.05, 0) is 30.7 Å². The van der Waals surface area contributed by atoms with Crippen LogP contribution in [0.1, 0.15) is 29.0 Å². The van der Waals surface area contributed by atoms with E-state index in [2.05, 4.69) is 10.3 Å². The monoisotopic (exact) mass is 260 g/mol. The molecule has 2 aromatic rings. The van der Waals surface area contributed by atoms with E-state index in [1.54, 1.807) is 19.1 Å². The summed E-state index contributed by atoms with van der Waals surface area (Å²) in [7, 11) is 0. The Morgan fingerprint density at radius 3 is 2.68 bits per heavy atom. The average molecular weight is 260 g/mol. The van der Waals surface area contributed by atoms with Crippen LogP contribution < -0.4 is 10.9 Å². The molecule has 0 bridgehead atoms. The summed E-state index contributed by atoms with van der Waals surface area (Å²) < 4.78 is 13.1. The molecule has 98 valence electrons. The molecule has 1 amide bonds. The molecule has 0 fully saturated rings. The standard InChI is InChI=1S/C14H13FN2O2/c1-9(10-4-2-5-11(15)8-10)16-14(19)12-6-3-7-13(18)17-12/h2-9H,1H3,(H,16,19)(H,17,18). The van der Waals surface area contributed by atoms with Crippen LogP contribution in [0.15, 0.2) is 47.3 Å². The van der Waals surface area contributed by atoms with Gasteiger partial charge in [0.1, 0.15) is 11.5 Å². The van der Waals surface area contributed by atoms with Crippen molar-refractivity contribution in [3.63, 3.8) is 0 Å². The van der Waals surface area contributed by atoms with Crippen LogP contribution in [0.5, 0.6) is 0 Å². The lowest BCUT2D eigenvalue weighted by molar-refractivity contribution is 0.0934. The van der Waals surface area contributed by atoms with Crippen molar-refractivity contribution in [1.82, 2.24) is 10.3 Å². The Balaban J connectivity index is 2.13. The number of hydrogen-bond acceptors (Lipinski definition) is 2. The highest BCUT2D eigenvalue weighted by atomic mass is 19.1. The highest BCUT2D eigenvalue weighted by Crippen LogP contribution is 2.13. The number of carbonyl (C=O) groups is 1. The lowest BCUT2D eigenvalue weighted by Gasteiger charge is -2.14. The maximum absolute atomic E-state index is 13.1. The molecule has 1 aromatic carbocycles. The summed E-state index contributed by atoms with van der Waals surface area (Å²) >= 11 is 0. The lowest BCUT2D eigenvalue weighted by Crippen LogP contribution is -2.28. The Labute approximate surface area is 109 Å². The molecule has 19 heavy (non-hydrogen) atoms. The average Bonchev–Trinajstić information content (AvgIpc) is 2.38. The Hall–Kier alpha value is -2.43. The fraction of sp³-hybridized carbons (Fsp3) is 0.143. The molecule has 0 aliphatic carbocycles. The minimum Gasteiger partial charge on any atom is -0.344 e. The smallest absolute Gasteiger partial charge is 0.268 e. The van der Waals surface area contributed by atoms with Gasteiger partial charge in [-0.1, -0.05) is 18.2 Å². The molecule has 0 aliphatic rings. The Morgan fingerprint density at radius 2 is 2.00 bits per heavy atom. The molecule has 0 spiro atoms. The van der Waals surface area contributed by atoms with Gasteiger partial charge in [-0.3, -0.25) is 9.59 Å². The van der Waals surface area contributed by atoms with E-state index in [1.165, 1.54) is 30.3 Å². The minimum atomic E-state index is -0.408. The van der Waals surface area contributed by atoms with E-state index in [0.717, 1.165) is 0 Å². The first-order valence-electron chi connectivity index (χ1n) is 5.82. The summed E-state index contributed by atoms with van der Waals surface area (Å²) in [6, 6.07) is 9.99. The molecular formula is C14H13FN2O2. The third-order valence-corrected chi connectivity index (χ3v) is 2.71. The van der Waals surface area contributed by atoms with E-state index < -0.39 is 5.91 Å². The van der Waals surface area contributed by atoms with Gasteiger partial charge in [0.2, 0.25) is 5.56 Å². The van der Waals surface area contributed by atoms with Crippen LogP contribution >= 0.6 is 0 Å². The first-order valence-corrected chi connectivity index (χ1v) is 5.82. The Bertz CT molecular complexity index is 652. The largest absolute Gasteiger partial charge is 0.344 e. The zero-order valence-corrected chi connectivity index (χ0v) is 10.3. The topological polar surface area (TPSA) is 62.0 Å². The second kappa shape index (κ2) is 5.48. The first-order chi connectivity index (χ1) is 9.06. The van der Waals surface area contributed by atoms with Gasteiger partial charge in [0.15, 0.2) is 0 Å². The van der Waals surface area contributed by atoms with Gasteiger partial charge in [0, 0.05) is 6.07 Å². The first kappa shape index (κ1) is 13.0. The van der Waals surface area contributed by atoms with Crippen molar-refractivity contribution in [3.8, 4) is 0 Å². The number of hydrogen-bond donors (Lipinski definition) is 2. The van der Waals surface area contributed by atoms with Gasteiger partial charge in [-0.25, -0.2) is 4.39 Å². The number of halogens is 1. The van der Waals surface area contributed by atoms with Gasteiger partial charge in [-0.15, -0.1) is 0 Å². The quantitative estimate of drug-likeness (QED) is 0.886. The zero-order chi connectivity index (χ0) is 13.8. The third-order valence-electron chi connectivity index (χ3n) is 2.71. The molecule has 0 radical (unpaired) electrons. The van der Waals surface area contributed by atoms with E-state index >= 15 is 0 Å². The molecule has 1 atom stereocenters. The molecule has 2 rings (SSSR count). The van der Waals surface area contributed by atoms with Crippen LogP contribution in [-0.4, -0.2) is 10.9 Å². The van der Waals surface area contributed by atoms with Crippen LogP contribution in [-0.2, 0) is 0 Å². The number of nitrogens with one attached hydrogen (secondary N) is 2. The SMILES string of the molecule is CC(NC(=O)c1cccc(=O)[nH]1)c1cccc(F)c1. The van der Waals surface area contributed by atoms with Crippen molar-refractivity contribution in [2.45, 2.75) is 13.0 Å². The minimum absolute atomic E-state index is 0.177. The van der Waals surface area contributed by atoms with Gasteiger partial charge in [-0.2, -0.15) is 0 Å². The van der Waals surface area contributed by atoms with Crippen LogP contribution in [0.3, 0.4) is 0 Å². The summed E-state index contributed by atoms with van der Waals surface area (Å²) in [6.45, 7) is 1.74. The van der Waals surface area contributed by atoms with Crippen molar-refractivity contribution in [2.75, 3.05) is 0 Å². The van der Waals surface area contributed by atoms with Crippen molar-refractivity contribution in [1.29, 1.82) is 0 Å². The molecule has 0 aliphatic heterocycles. The van der Waals surface area contributed by atoms with Crippen molar-refractivity contribution >= 4 is 5.91 Å². The van der Waals surface area contributed by atoms with E-state index in [4.69, 9.17) is 0 Å². The molecule has 1 aromatic heterocycles. The second-order valence-electron chi connectivity index (χ2n) is 4.18. The van der Waals surface area contributed by atoms with Gasteiger partial charge in [0.25, 0.3) is 5.91 Å². The van der Waals surface area contributed by atoms with Gasteiger partial charge in [0.05, 0.1) is 6.04 Å². The third kappa shape index (κ3) is 3.28. The summed E-state index contributed by atoms with van der Waals surface area (Å²) in [5.74, 6) is -0.763. The zero-order valence-electron chi connectivity index (χ0n) is 10.3. The van der Waals surface area contributed by atoms with Crippen LogP contribution in [0.25, 0.3) is 0 Å². The predicted molar refractivity (Wildman–Crippen MR) is 69.3 cm³/mol. The van der Waals surface area contributed by atoms with Gasteiger partial charge >= 0.3 is 0 Å². The summed E-state index contributed by atoms with van der Waals surface area (Å²) in [6.07, 6.45) is 0. The molecule has 1 heterocycles. The van der Waals surface area contributed by atoms with E-state index in [1.807, 2.05) is 0 Å². The van der Waals surface area contributed by atoms with E-state index in [0.29, 0.717) is 5.56 Å². The predicted octanol–water partition coefficient (Wildman–Crippen LogP) is 2.00. The molecule has 5 heteroatoms. The van der Waals surface area contributed by atoms with Crippen molar-refractivity contribution < 1.29 is 9.18 Å². The molecular weight excluding hydrogens is 247 g/mol. The van der Waals surface area contributed by atoms with E-state index in [-0.39, 0.29) is 23.1 Å². The number of rotatable bonds is 3. The number of carbonyl (C=O) groups excluding carboxylic acids is 1. The van der Waals surface area contributed by atoms with E-state index in [9.17, 15) is 14.0 Å². The summed E-state index contributed by atoms with van der Waals surface area (Å²) in [5.41, 5.74) is 0.494. The lowest BCUT2D eigenvalue weighted by atomic mass is 10.1. The molecule has 0 saturated heterocycles. The fourth-order valence-electron chi connectivity index (χ4n) is 1.71. The molecule has 0 saturated carbocycles. The number of aromatic amines is 1. The number of benzene rings is 1.